The fraction of sp³-hybridized carbons (Fsp3) is 0.520. The molecule has 5 rings (SSSR count). The van der Waals surface area contributed by atoms with Gasteiger partial charge < -0.3 is 4.90 Å². The minimum absolute atomic E-state index is 0.168. The van der Waals surface area contributed by atoms with Crippen LogP contribution in [0.1, 0.15) is 42.4 Å². The number of rotatable bonds is 4. The van der Waals surface area contributed by atoms with Gasteiger partial charge in [0.2, 0.25) is 5.91 Å². The summed E-state index contributed by atoms with van der Waals surface area (Å²) in [5.41, 5.74) is 3.94. The molecule has 0 unspecified atom stereocenters. The third kappa shape index (κ3) is 4.28. The van der Waals surface area contributed by atoms with E-state index in [-0.39, 0.29) is 5.92 Å². The minimum Gasteiger partial charge on any atom is -0.334 e. The molecule has 0 spiro atoms. The van der Waals surface area contributed by atoms with Gasteiger partial charge in [-0.3, -0.25) is 19.6 Å². The van der Waals surface area contributed by atoms with Crippen LogP contribution in [0.15, 0.2) is 48.8 Å². The molecule has 0 saturated carbocycles. The zero-order chi connectivity index (χ0) is 20.3. The molecule has 2 fully saturated rings. The summed E-state index contributed by atoms with van der Waals surface area (Å²) in [5.74, 6) is 0.534. The van der Waals surface area contributed by atoms with Gasteiger partial charge in [0.25, 0.3) is 0 Å². The number of amides is 1. The first-order chi connectivity index (χ1) is 14.8. The van der Waals surface area contributed by atoms with Crippen molar-refractivity contribution in [1.29, 1.82) is 0 Å². The Morgan fingerprint density at radius 2 is 1.73 bits per heavy atom. The van der Waals surface area contributed by atoms with Crippen molar-refractivity contribution in [3.63, 3.8) is 0 Å². The Balaban J connectivity index is 1.13. The molecule has 1 atom stereocenters. The van der Waals surface area contributed by atoms with E-state index in [1.165, 1.54) is 29.5 Å². The topological polar surface area (TPSA) is 39.7 Å². The Kier molecular flexibility index (Phi) is 5.82. The molecule has 3 aliphatic rings. The van der Waals surface area contributed by atoms with Crippen LogP contribution in [0.5, 0.6) is 0 Å². The first-order valence-corrected chi connectivity index (χ1v) is 11.5. The summed E-state index contributed by atoms with van der Waals surface area (Å²) in [5, 5.41) is 0. The highest BCUT2D eigenvalue weighted by atomic mass is 16.2. The molecule has 0 aliphatic carbocycles. The molecule has 5 nitrogen and oxygen atoms in total. The van der Waals surface area contributed by atoms with Gasteiger partial charge in [0.1, 0.15) is 0 Å². The molecule has 3 aliphatic heterocycles. The van der Waals surface area contributed by atoms with Crippen molar-refractivity contribution in [2.24, 2.45) is 5.92 Å². The fourth-order valence-corrected chi connectivity index (χ4v) is 5.48. The zero-order valence-corrected chi connectivity index (χ0v) is 17.7. The lowest BCUT2D eigenvalue weighted by Crippen LogP contribution is -2.50. The molecule has 0 bridgehead atoms. The molecule has 30 heavy (non-hydrogen) atoms. The van der Waals surface area contributed by atoms with Gasteiger partial charge in [-0.1, -0.05) is 30.3 Å². The molecule has 0 radical (unpaired) electrons. The maximum absolute atomic E-state index is 13.2. The summed E-state index contributed by atoms with van der Waals surface area (Å²) in [7, 11) is 0. The van der Waals surface area contributed by atoms with Gasteiger partial charge in [0.05, 0.1) is 5.92 Å². The molecule has 1 amide bonds. The van der Waals surface area contributed by atoms with Crippen LogP contribution >= 0.6 is 0 Å². The van der Waals surface area contributed by atoms with Crippen molar-refractivity contribution in [1.82, 2.24) is 19.7 Å². The van der Waals surface area contributed by atoms with Crippen LogP contribution in [0.4, 0.5) is 0 Å². The highest BCUT2D eigenvalue weighted by Crippen LogP contribution is 2.29. The number of nitrogens with zero attached hydrogens (tertiary/aromatic N) is 4. The van der Waals surface area contributed by atoms with E-state index in [9.17, 15) is 4.79 Å². The van der Waals surface area contributed by atoms with Crippen molar-refractivity contribution >= 4 is 5.91 Å². The maximum atomic E-state index is 13.2. The normalized spacial score (nSPS) is 23.5. The van der Waals surface area contributed by atoms with Crippen LogP contribution in [0.25, 0.3) is 0 Å². The molecule has 5 heteroatoms. The molecule has 0 N–H and O–H groups in total. The molecule has 2 saturated heterocycles. The van der Waals surface area contributed by atoms with E-state index in [1.807, 2.05) is 18.5 Å². The van der Waals surface area contributed by atoms with Crippen LogP contribution in [0.2, 0.25) is 0 Å². The molecular weight excluding hydrogens is 372 g/mol. The maximum Gasteiger partial charge on any atom is 0.227 e. The average molecular weight is 405 g/mol. The van der Waals surface area contributed by atoms with Gasteiger partial charge in [-0.25, -0.2) is 0 Å². The number of hydrogen-bond donors (Lipinski definition) is 0. The second kappa shape index (κ2) is 8.86. The number of likely N-dealkylation sites (tertiary alicyclic amines) is 2. The fourth-order valence-electron chi connectivity index (χ4n) is 5.48. The van der Waals surface area contributed by atoms with Crippen LogP contribution in [-0.4, -0.2) is 57.8 Å². The predicted molar refractivity (Wildman–Crippen MR) is 118 cm³/mol. The second-order valence-electron chi connectivity index (χ2n) is 9.17. The zero-order valence-electron chi connectivity index (χ0n) is 17.7. The summed E-state index contributed by atoms with van der Waals surface area (Å²) in [6.45, 7) is 6.94. The highest BCUT2D eigenvalue weighted by Gasteiger charge is 2.35. The Hall–Kier alpha value is -2.24. The monoisotopic (exact) mass is 404 g/mol. The summed E-state index contributed by atoms with van der Waals surface area (Å²) in [6, 6.07) is 13.3. The molecular formula is C25H32N4O. The average Bonchev–Trinajstić information content (AvgIpc) is 3.24. The summed E-state index contributed by atoms with van der Waals surface area (Å²) in [4.78, 5) is 24.7. The third-order valence-corrected chi connectivity index (χ3v) is 7.16. The highest BCUT2D eigenvalue weighted by molar-refractivity contribution is 5.80. The summed E-state index contributed by atoms with van der Waals surface area (Å²) in [6.07, 6.45) is 8.41. The van der Waals surface area contributed by atoms with E-state index in [0.29, 0.717) is 11.9 Å². The van der Waals surface area contributed by atoms with Gasteiger partial charge in [0.15, 0.2) is 0 Å². The summed E-state index contributed by atoms with van der Waals surface area (Å²) < 4.78 is 0. The number of benzene rings is 1. The lowest BCUT2D eigenvalue weighted by molar-refractivity contribution is -0.138. The van der Waals surface area contributed by atoms with Crippen molar-refractivity contribution in [3.05, 3.63) is 65.5 Å². The van der Waals surface area contributed by atoms with Crippen LogP contribution < -0.4 is 0 Å². The molecule has 4 heterocycles. The number of pyridine rings is 1. The number of hydrogen-bond acceptors (Lipinski definition) is 4. The van der Waals surface area contributed by atoms with Crippen molar-refractivity contribution in [3.8, 4) is 0 Å². The number of carbonyl (C=O) groups is 1. The number of aromatic nitrogens is 1. The molecule has 1 aromatic heterocycles. The van der Waals surface area contributed by atoms with E-state index in [1.54, 1.807) is 0 Å². The Labute approximate surface area is 179 Å². The first-order valence-electron chi connectivity index (χ1n) is 11.5. The van der Waals surface area contributed by atoms with Gasteiger partial charge in [-0.05, 0) is 68.1 Å². The lowest BCUT2D eigenvalue weighted by Gasteiger charge is -2.42. The van der Waals surface area contributed by atoms with E-state index in [2.05, 4.69) is 50.0 Å². The Morgan fingerprint density at radius 3 is 2.43 bits per heavy atom. The van der Waals surface area contributed by atoms with E-state index >= 15 is 0 Å². The molecule has 2 aromatic rings. The van der Waals surface area contributed by atoms with E-state index in [4.69, 9.17) is 0 Å². The summed E-state index contributed by atoms with van der Waals surface area (Å²) >= 11 is 0. The van der Waals surface area contributed by atoms with Gasteiger partial charge in [0, 0.05) is 44.6 Å². The first kappa shape index (κ1) is 19.7. The molecule has 1 aromatic carbocycles. The standard InChI is InChI=1S/C25H32N4O/c30-25(29-17-21-6-1-2-7-22(21)18-29)23-8-4-12-28(19-23)24-9-13-27(14-10-24)16-20-5-3-11-26-15-20/h1-3,5-7,11,15,23-24H,4,8-10,12-14,16-19H2/t23-/m0/s1. The number of piperidine rings is 2. The van der Waals surface area contributed by atoms with Gasteiger partial charge >= 0.3 is 0 Å². The largest absolute Gasteiger partial charge is 0.334 e. The number of fused-ring (bicyclic) bond motifs is 1. The quantitative estimate of drug-likeness (QED) is 0.784. The SMILES string of the molecule is O=C([C@H]1CCCN(C2CCN(Cc3cccnc3)CC2)C1)N1Cc2ccccc2C1. The van der Waals surface area contributed by atoms with Crippen LogP contribution in [0, 0.1) is 5.92 Å². The smallest absolute Gasteiger partial charge is 0.227 e. The van der Waals surface area contributed by atoms with Crippen molar-refractivity contribution in [2.45, 2.75) is 51.4 Å². The van der Waals surface area contributed by atoms with E-state index < -0.39 is 0 Å². The van der Waals surface area contributed by atoms with E-state index in [0.717, 1.165) is 58.7 Å². The van der Waals surface area contributed by atoms with Crippen LogP contribution in [-0.2, 0) is 24.4 Å². The van der Waals surface area contributed by atoms with Crippen molar-refractivity contribution < 1.29 is 4.79 Å². The Morgan fingerprint density at radius 1 is 0.967 bits per heavy atom. The lowest BCUT2D eigenvalue weighted by atomic mass is 9.93. The van der Waals surface area contributed by atoms with Gasteiger partial charge in [-0.2, -0.15) is 0 Å². The number of carbonyl (C=O) groups excluding carboxylic acids is 1. The molecule has 158 valence electrons. The second-order valence-corrected chi connectivity index (χ2v) is 9.17. The third-order valence-electron chi connectivity index (χ3n) is 7.16. The van der Waals surface area contributed by atoms with Gasteiger partial charge in [-0.15, -0.1) is 0 Å². The van der Waals surface area contributed by atoms with Crippen LogP contribution in [0.3, 0.4) is 0 Å². The van der Waals surface area contributed by atoms with Crippen molar-refractivity contribution in [2.75, 3.05) is 26.2 Å². The predicted octanol–water partition coefficient (Wildman–Crippen LogP) is 3.30. The Bertz CT molecular complexity index is 837. The minimum atomic E-state index is 0.168.